The second kappa shape index (κ2) is 7.95. The monoisotopic (exact) mass is 434 g/mol. The van der Waals surface area contributed by atoms with Crippen molar-refractivity contribution in [1.29, 1.82) is 0 Å². The number of rotatable bonds is 4. The number of nitrogens with one attached hydrogen (secondary N) is 1. The van der Waals surface area contributed by atoms with Gasteiger partial charge in [-0.15, -0.1) is 0 Å². The summed E-state index contributed by atoms with van der Waals surface area (Å²) < 4.78 is 17.8. The first-order valence-corrected chi connectivity index (χ1v) is 9.32. The van der Waals surface area contributed by atoms with Crippen molar-refractivity contribution in [1.82, 2.24) is 0 Å². The van der Waals surface area contributed by atoms with Crippen LogP contribution in [0, 0.1) is 5.82 Å². The standard InChI is InChI=1S/C23H15FN2O6/c1-32-23(31)16-3-2-4-18(19(16)27)25-20(28)12-5-10-15-17(11-12)22(30)26(21(15)29)14-8-6-13(24)7-9-14/h2-11,27H,1H3,(H,25,28). The Labute approximate surface area is 180 Å². The maximum atomic E-state index is 13.2. The fraction of sp³-hybridized carbons (Fsp3) is 0.0435. The second-order valence-electron chi connectivity index (χ2n) is 6.83. The molecule has 0 fully saturated rings. The number of esters is 1. The zero-order chi connectivity index (χ0) is 23.0. The fourth-order valence-electron chi connectivity index (χ4n) is 3.32. The summed E-state index contributed by atoms with van der Waals surface area (Å²) in [5, 5.41) is 12.7. The molecule has 1 aliphatic heterocycles. The predicted molar refractivity (Wildman–Crippen MR) is 111 cm³/mol. The molecule has 0 aliphatic carbocycles. The number of anilines is 2. The zero-order valence-electron chi connectivity index (χ0n) is 16.6. The van der Waals surface area contributed by atoms with Crippen LogP contribution in [-0.2, 0) is 4.74 Å². The summed E-state index contributed by atoms with van der Waals surface area (Å²) >= 11 is 0. The fourth-order valence-corrected chi connectivity index (χ4v) is 3.32. The molecule has 2 N–H and O–H groups in total. The maximum absolute atomic E-state index is 13.2. The number of imide groups is 1. The minimum absolute atomic E-state index is 0.0134. The largest absolute Gasteiger partial charge is 0.505 e. The Kier molecular flexibility index (Phi) is 5.15. The molecule has 9 heteroatoms. The van der Waals surface area contributed by atoms with E-state index in [1.807, 2.05) is 0 Å². The van der Waals surface area contributed by atoms with E-state index in [1.165, 1.54) is 48.5 Å². The van der Waals surface area contributed by atoms with Gasteiger partial charge in [0, 0.05) is 5.56 Å². The molecular formula is C23H15FN2O6. The van der Waals surface area contributed by atoms with Crippen LogP contribution in [0.4, 0.5) is 15.8 Å². The number of aromatic hydroxyl groups is 1. The lowest BCUT2D eigenvalue weighted by Crippen LogP contribution is -2.29. The molecule has 0 radical (unpaired) electrons. The molecule has 160 valence electrons. The molecule has 0 aromatic heterocycles. The lowest BCUT2D eigenvalue weighted by molar-refractivity contribution is 0.0597. The summed E-state index contributed by atoms with van der Waals surface area (Å²) in [6.07, 6.45) is 0. The van der Waals surface area contributed by atoms with E-state index in [2.05, 4.69) is 10.1 Å². The minimum atomic E-state index is -0.777. The first-order valence-electron chi connectivity index (χ1n) is 9.32. The van der Waals surface area contributed by atoms with Gasteiger partial charge in [-0.1, -0.05) is 6.07 Å². The molecular weight excluding hydrogens is 419 g/mol. The number of carbonyl (C=O) groups excluding carboxylic acids is 4. The molecule has 3 aromatic rings. The van der Waals surface area contributed by atoms with Crippen molar-refractivity contribution in [2.24, 2.45) is 0 Å². The number of ether oxygens (including phenoxy) is 1. The van der Waals surface area contributed by atoms with Gasteiger partial charge in [0.1, 0.15) is 11.4 Å². The molecule has 0 unspecified atom stereocenters. The Hall–Kier alpha value is -4.53. The number of amides is 3. The highest BCUT2D eigenvalue weighted by atomic mass is 19.1. The summed E-state index contributed by atoms with van der Waals surface area (Å²) in [6.45, 7) is 0. The Balaban J connectivity index is 1.62. The molecule has 32 heavy (non-hydrogen) atoms. The first kappa shape index (κ1) is 20.7. The lowest BCUT2D eigenvalue weighted by Gasteiger charge is -2.13. The average molecular weight is 434 g/mol. The van der Waals surface area contributed by atoms with Crippen molar-refractivity contribution in [3.8, 4) is 5.75 Å². The Bertz CT molecular complexity index is 1290. The minimum Gasteiger partial charge on any atom is -0.505 e. The van der Waals surface area contributed by atoms with E-state index >= 15 is 0 Å². The molecule has 3 aromatic carbocycles. The smallest absolute Gasteiger partial charge is 0.341 e. The third kappa shape index (κ3) is 3.45. The molecule has 0 spiro atoms. The number of halogens is 1. The van der Waals surface area contributed by atoms with Gasteiger partial charge in [-0.3, -0.25) is 14.4 Å². The van der Waals surface area contributed by atoms with Gasteiger partial charge in [-0.05, 0) is 54.6 Å². The van der Waals surface area contributed by atoms with E-state index in [-0.39, 0.29) is 33.6 Å². The van der Waals surface area contributed by atoms with Gasteiger partial charge in [0.2, 0.25) is 0 Å². The van der Waals surface area contributed by atoms with Crippen molar-refractivity contribution in [2.45, 2.75) is 0 Å². The molecule has 0 atom stereocenters. The van der Waals surface area contributed by atoms with E-state index in [0.29, 0.717) is 0 Å². The molecule has 3 amide bonds. The van der Waals surface area contributed by atoms with Crippen LogP contribution >= 0.6 is 0 Å². The summed E-state index contributed by atoms with van der Waals surface area (Å²) in [5.74, 6) is -3.67. The topological polar surface area (TPSA) is 113 Å². The zero-order valence-corrected chi connectivity index (χ0v) is 16.6. The van der Waals surface area contributed by atoms with Crippen molar-refractivity contribution >= 4 is 35.1 Å². The maximum Gasteiger partial charge on any atom is 0.341 e. The van der Waals surface area contributed by atoms with Crippen LogP contribution in [0.5, 0.6) is 5.75 Å². The average Bonchev–Trinajstić information content (AvgIpc) is 3.05. The van der Waals surface area contributed by atoms with Crippen LogP contribution in [0.15, 0.2) is 60.7 Å². The Morgan fingerprint density at radius 1 is 0.969 bits per heavy atom. The van der Waals surface area contributed by atoms with Gasteiger partial charge in [0.25, 0.3) is 17.7 Å². The summed E-state index contributed by atoms with van der Waals surface area (Å²) in [7, 11) is 1.16. The molecule has 4 rings (SSSR count). The Morgan fingerprint density at radius 2 is 1.66 bits per heavy atom. The van der Waals surface area contributed by atoms with E-state index in [4.69, 9.17) is 0 Å². The van der Waals surface area contributed by atoms with E-state index in [0.717, 1.165) is 24.1 Å². The number of benzene rings is 3. The number of methoxy groups -OCH3 is 1. The van der Waals surface area contributed by atoms with Crippen LogP contribution in [0.25, 0.3) is 0 Å². The van der Waals surface area contributed by atoms with Crippen LogP contribution in [-0.4, -0.2) is 35.9 Å². The van der Waals surface area contributed by atoms with Gasteiger partial charge in [0.05, 0.1) is 29.6 Å². The SMILES string of the molecule is COC(=O)c1cccc(NC(=O)c2ccc3c(c2)C(=O)N(c2ccc(F)cc2)C3=O)c1O. The summed E-state index contributed by atoms with van der Waals surface area (Å²) in [4.78, 5) is 50.8. The van der Waals surface area contributed by atoms with Crippen molar-refractivity contribution in [3.05, 3.63) is 88.7 Å². The van der Waals surface area contributed by atoms with Crippen molar-refractivity contribution in [2.75, 3.05) is 17.3 Å². The Morgan fingerprint density at radius 3 is 2.34 bits per heavy atom. The van der Waals surface area contributed by atoms with Crippen LogP contribution in [0.1, 0.15) is 41.4 Å². The predicted octanol–water partition coefficient (Wildman–Crippen LogP) is 3.37. The van der Waals surface area contributed by atoms with Crippen LogP contribution in [0.2, 0.25) is 0 Å². The second-order valence-corrected chi connectivity index (χ2v) is 6.83. The molecule has 1 aliphatic rings. The molecule has 1 heterocycles. The first-order chi connectivity index (χ1) is 15.3. The van der Waals surface area contributed by atoms with Gasteiger partial charge in [0.15, 0.2) is 5.75 Å². The molecule has 0 bridgehead atoms. The highest BCUT2D eigenvalue weighted by molar-refractivity contribution is 6.34. The van der Waals surface area contributed by atoms with E-state index in [1.54, 1.807) is 0 Å². The third-order valence-electron chi connectivity index (χ3n) is 4.92. The van der Waals surface area contributed by atoms with Gasteiger partial charge >= 0.3 is 5.97 Å². The number of para-hydroxylation sites is 1. The van der Waals surface area contributed by atoms with Crippen molar-refractivity contribution < 1.29 is 33.4 Å². The van der Waals surface area contributed by atoms with E-state index in [9.17, 15) is 28.7 Å². The van der Waals surface area contributed by atoms with Crippen molar-refractivity contribution in [3.63, 3.8) is 0 Å². The van der Waals surface area contributed by atoms with Crippen LogP contribution < -0.4 is 10.2 Å². The molecule has 8 nitrogen and oxygen atoms in total. The van der Waals surface area contributed by atoms with Gasteiger partial charge in [-0.25, -0.2) is 14.1 Å². The molecule has 0 saturated heterocycles. The molecule has 0 saturated carbocycles. The summed E-state index contributed by atoms with van der Waals surface area (Å²) in [5.41, 5.74) is 0.205. The number of hydrogen-bond acceptors (Lipinski definition) is 6. The number of hydrogen-bond donors (Lipinski definition) is 2. The van der Waals surface area contributed by atoms with E-state index < -0.39 is 35.3 Å². The number of phenolic OH excluding ortho intramolecular Hbond substituents is 1. The normalized spacial score (nSPS) is 12.5. The summed E-state index contributed by atoms with van der Waals surface area (Å²) in [6, 6.07) is 13.0. The van der Waals surface area contributed by atoms with Crippen LogP contribution in [0.3, 0.4) is 0 Å². The quantitative estimate of drug-likeness (QED) is 0.370. The highest BCUT2D eigenvalue weighted by Gasteiger charge is 2.37. The number of fused-ring (bicyclic) bond motifs is 1. The highest BCUT2D eigenvalue weighted by Crippen LogP contribution is 2.31. The van der Waals surface area contributed by atoms with Gasteiger partial charge in [-0.2, -0.15) is 0 Å². The van der Waals surface area contributed by atoms with Gasteiger partial charge < -0.3 is 15.2 Å². The number of nitrogens with zero attached hydrogens (tertiary/aromatic N) is 1. The number of carbonyl (C=O) groups is 4. The third-order valence-corrected chi connectivity index (χ3v) is 4.92. The lowest BCUT2D eigenvalue weighted by atomic mass is 10.0. The number of phenols is 1.